The Morgan fingerprint density at radius 1 is 1.11 bits per heavy atom. The third-order valence-electron chi connectivity index (χ3n) is 3.06. The Bertz CT molecular complexity index is 484. The van der Waals surface area contributed by atoms with Crippen LogP contribution >= 0.6 is 23.2 Å². The molecule has 2 atom stereocenters. The van der Waals surface area contributed by atoms with Crippen LogP contribution in [0.1, 0.15) is 12.8 Å². The van der Waals surface area contributed by atoms with E-state index in [-0.39, 0.29) is 5.91 Å². The monoisotopic (exact) mass is 287 g/mol. The topological polar surface area (TPSA) is 66.4 Å². The van der Waals surface area contributed by atoms with E-state index < -0.39 is 17.8 Å². The maximum Gasteiger partial charge on any atom is 0.307 e. The number of anilines is 1. The zero-order valence-electron chi connectivity index (χ0n) is 9.32. The van der Waals surface area contributed by atoms with Crippen molar-refractivity contribution in [1.82, 2.24) is 0 Å². The summed E-state index contributed by atoms with van der Waals surface area (Å²) in [5.74, 6) is -2.28. The standard InChI is InChI=1S/C12H11Cl2NO3/c13-6-3-7(14)5-8(4-6)15-11(16)9-1-2-10(9)12(17)18/h3-5,9-10H,1-2H2,(H,15,16)(H,17,18)/t9-,10+/m0/s1. The van der Waals surface area contributed by atoms with E-state index in [1.807, 2.05) is 0 Å². The average Bonchev–Trinajstić information content (AvgIpc) is 2.11. The first-order valence-electron chi connectivity index (χ1n) is 5.47. The average molecular weight is 288 g/mol. The number of carbonyl (C=O) groups is 2. The van der Waals surface area contributed by atoms with E-state index in [0.717, 1.165) is 0 Å². The van der Waals surface area contributed by atoms with Crippen LogP contribution in [0.4, 0.5) is 5.69 Å². The Labute approximate surface area is 114 Å². The number of aliphatic carboxylic acids is 1. The summed E-state index contributed by atoms with van der Waals surface area (Å²) in [5, 5.41) is 12.4. The minimum Gasteiger partial charge on any atom is -0.481 e. The summed E-state index contributed by atoms with van der Waals surface area (Å²) in [6.45, 7) is 0. The molecule has 2 N–H and O–H groups in total. The van der Waals surface area contributed by atoms with Crippen molar-refractivity contribution in [3.63, 3.8) is 0 Å². The smallest absolute Gasteiger partial charge is 0.307 e. The molecule has 1 aliphatic rings. The van der Waals surface area contributed by atoms with Crippen molar-refractivity contribution in [3.8, 4) is 0 Å². The van der Waals surface area contributed by atoms with Gasteiger partial charge in [0.05, 0.1) is 11.8 Å². The summed E-state index contributed by atoms with van der Waals surface area (Å²) in [6, 6.07) is 4.70. The Morgan fingerprint density at radius 2 is 1.67 bits per heavy atom. The zero-order chi connectivity index (χ0) is 13.3. The predicted molar refractivity (Wildman–Crippen MR) is 68.9 cm³/mol. The Hall–Kier alpha value is -1.26. The number of hydrogen-bond acceptors (Lipinski definition) is 2. The van der Waals surface area contributed by atoms with Gasteiger partial charge in [0.25, 0.3) is 0 Å². The highest BCUT2D eigenvalue weighted by atomic mass is 35.5. The normalized spacial score (nSPS) is 22.1. The fraction of sp³-hybridized carbons (Fsp3) is 0.333. The van der Waals surface area contributed by atoms with Crippen LogP contribution in [0.5, 0.6) is 0 Å². The first-order valence-corrected chi connectivity index (χ1v) is 6.22. The van der Waals surface area contributed by atoms with Crippen LogP contribution in [-0.4, -0.2) is 17.0 Å². The lowest BCUT2D eigenvalue weighted by molar-refractivity contribution is -0.151. The van der Waals surface area contributed by atoms with Crippen LogP contribution in [0.3, 0.4) is 0 Å². The maximum atomic E-state index is 11.9. The molecule has 0 aromatic heterocycles. The number of carboxylic acids is 1. The molecule has 6 heteroatoms. The lowest BCUT2D eigenvalue weighted by atomic mass is 9.73. The summed E-state index contributed by atoms with van der Waals surface area (Å²) < 4.78 is 0. The predicted octanol–water partition coefficient (Wildman–Crippen LogP) is 3.04. The molecule has 0 heterocycles. The highest BCUT2D eigenvalue weighted by Crippen LogP contribution is 2.35. The summed E-state index contributed by atoms with van der Waals surface area (Å²) in [5.41, 5.74) is 0.480. The zero-order valence-corrected chi connectivity index (χ0v) is 10.8. The third-order valence-corrected chi connectivity index (χ3v) is 3.49. The maximum absolute atomic E-state index is 11.9. The largest absolute Gasteiger partial charge is 0.481 e. The van der Waals surface area contributed by atoms with E-state index in [9.17, 15) is 9.59 Å². The highest BCUT2D eigenvalue weighted by Gasteiger charge is 2.41. The summed E-state index contributed by atoms with van der Waals surface area (Å²) in [7, 11) is 0. The molecule has 1 saturated carbocycles. The molecule has 1 amide bonds. The van der Waals surface area contributed by atoms with Crippen LogP contribution in [-0.2, 0) is 9.59 Å². The van der Waals surface area contributed by atoms with Gasteiger partial charge in [-0.3, -0.25) is 9.59 Å². The first-order chi connectivity index (χ1) is 8.47. The summed E-state index contributed by atoms with van der Waals surface area (Å²) in [6.07, 6.45) is 1.14. The molecular formula is C12H11Cl2NO3. The van der Waals surface area contributed by atoms with Gasteiger partial charge in [0.1, 0.15) is 0 Å². The number of hydrogen-bond donors (Lipinski definition) is 2. The second-order valence-electron chi connectivity index (χ2n) is 4.28. The van der Waals surface area contributed by atoms with Gasteiger partial charge in [-0.2, -0.15) is 0 Å². The van der Waals surface area contributed by atoms with E-state index in [1.54, 1.807) is 18.2 Å². The van der Waals surface area contributed by atoms with Crippen LogP contribution in [0.25, 0.3) is 0 Å². The minimum atomic E-state index is -0.925. The molecular weight excluding hydrogens is 277 g/mol. The summed E-state index contributed by atoms with van der Waals surface area (Å²) >= 11 is 11.6. The second kappa shape index (κ2) is 5.16. The van der Waals surface area contributed by atoms with Gasteiger partial charge in [-0.15, -0.1) is 0 Å². The SMILES string of the molecule is O=C(Nc1cc(Cl)cc(Cl)c1)[C@H]1CC[C@H]1C(=O)O. The van der Waals surface area contributed by atoms with Crippen molar-refractivity contribution < 1.29 is 14.7 Å². The lowest BCUT2D eigenvalue weighted by Crippen LogP contribution is -2.41. The second-order valence-corrected chi connectivity index (χ2v) is 5.15. The molecule has 2 rings (SSSR count). The van der Waals surface area contributed by atoms with Crippen molar-refractivity contribution >= 4 is 40.8 Å². The highest BCUT2D eigenvalue weighted by molar-refractivity contribution is 6.35. The lowest BCUT2D eigenvalue weighted by Gasteiger charge is -2.31. The molecule has 0 radical (unpaired) electrons. The van der Waals surface area contributed by atoms with Crippen LogP contribution < -0.4 is 5.32 Å². The van der Waals surface area contributed by atoms with E-state index in [0.29, 0.717) is 28.6 Å². The van der Waals surface area contributed by atoms with Gasteiger partial charge in [0.2, 0.25) is 5.91 Å². The first kappa shape index (κ1) is 13.2. The minimum absolute atomic E-state index is 0.299. The fourth-order valence-electron chi connectivity index (χ4n) is 1.97. The van der Waals surface area contributed by atoms with Crippen molar-refractivity contribution in [2.24, 2.45) is 11.8 Å². The number of nitrogens with one attached hydrogen (secondary N) is 1. The molecule has 0 spiro atoms. The van der Waals surface area contributed by atoms with Crippen LogP contribution in [0.15, 0.2) is 18.2 Å². The van der Waals surface area contributed by atoms with Crippen molar-refractivity contribution in [1.29, 1.82) is 0 Å². The third kappa shape index (κ3) is 2.76. The molecule has 0 aliphatic heterocycles. The van der Waals surface area contributed by atoms with E-state index >= 15 is 0 Å². The van der Waals surface area contributed by atoms with Crippen LogP contribution in [0.2, 0.25) is 10.0 Å². The van der Waals surface area contributed by atoms with Crippen LogP contribution in [0, 0.1) is 11.8 Å². The summed E-state index contributed by atoms with van der Waals surface area (Å²) in [4.78, 5) is 22.7. The van der Waals surface area contributed by atoms with Crippen molar-refractivity contribution in [3.05, 3.63) is 28.2 Å². The number of carbonyl (C=O) groups excluding carboxylic acids is 1. The van der Waals surface area contributed by atoms with Gasteiger partial charge in [-0.1, -0.05) is 23.2 Å². The van der Waals surface area contributed by atoms with Gasteiger partial charge in [0.15, 0.2) is 0 Å². The molecule has 0 saturated heterocycles. The number of rotatable bonds is 3. The Morgan fingerprint density at radius 3 is 2.11 bits per heavy atom. The van der Waals surface area contributed by atoms with Crippen molar-refractivity contribution in [2.75, 3.05) is 5.32 Å². The Balaban J connectivity index is 2.05. The molecule has 1 aliphatic carbocycles. The number of benzene rings is 1. The Kier molecular flexibility index (Phi) is 3.78. The van der Waals surface area contributed by atoms with Gasteiger partial charge in [-0.05, 0) is 31.0 Å². The molecule has 18 heavy (non-hydrogen) atoms. The van der Waals surface area contributed by atoms with E-state index in [1.165, 1.54) is 0 Å². The quantitative estimate of drug-likeness (QED) is 0.898. The fourth-order valence-corrected chi connectivity index (χ4v) is 2.50. The van der Waals surface area contributed by atoms with Crippen molar-refractivity contribution in [2.45, 2.75) is 12.8 Å². The number of amides is 1. The van der Waals surface area contributed by atoms with Gasteiger partial charge >= 0.3 is 5.97 Å². The molecule has 1 aromatic rings. The van der Waals surface area contributed by atoms with Gasteiger partial charge in [0, 0.05) is 15.7 Å². The van der Waals surface area contributed by atoms with E-state index in [4.69, 9.17) is 28.3 Å². The van der Waals surface area contributed by atoms with Gasteiger partial charge < -0.3 is 10.4 Å². The molecule has 4 nitrogen and oxygen atoms in total. The molecule has 96 valence electrons. The molecule has 0 unspecified atom stereocenters. The molecule has 1 fully saturated rings. The van der Waals surface area contributed by atoms with Gasteiger partial charge in [-0.25, -0.2) is 0 Å². The number of carboxylic acid groups (broad SMARTS) is 1. The van der Waals surface area contributed by atoms with E-state index in [2.05, 4.69) is 5.32 Å². The number of halogens is 2. The molecule has 0 bridgehead atoms. The molecule has 1 aromatic carbocycles.